The smallest absolute Gasteiger partial charge is 0.322 e. The molecule has 1 saturated heterocycles. The van der Waals surface area contributed by atoms with Crippen LogP contribution in [-0.2, 0) is 14.8 Å². The molecule has 0 unspecified atom stereocenters. The molecule has 2 aromatic rings. The molecular formula is C24H30ClN3O5S. The van der Waals surface area contributed by atoms with E-state index in [4.69, 9.17) is 11.6 Å². The van der Waals surface area contributed by atoms with Gasteiger partial charge in [-0.25, -0.2) is 8.42 Å². The molecule has 1 aliphatic rings. The van der Waals surface area contributed by atoms with Crippen LogP contribution in [0, 0.1) is 11.8 Å². The van der Waals surface area contributed by atoms with Gasteiger partial charge in [-0.05, 0) is 67.5 Å². The summed E-state index contributed by atoms with van der Waals surface area (Å²) in [5.41, 5.74) is 0.559. The number of aromatic nitrogens is 1. The maximum atomic E-state index is 13.6. The summed E-state index contributed by atoms with van der Waals surface area (Å²) in [7, 11) is -4.07. The van der Waals surface area contributed by atoms with Crippen LogP contribution in [0.1, 0.15) is 43.5 Å². The highest BCUT2D eigenvalue weighted by Crippen LogP contribution is 2.28. The van der Waals surface area contributed by atoms with Crippen LogP contribution in [0.15, 0.2) is 53.7 Å². The van der Waals surface area contributed by atoms with Gasteiger partial charge in [-0.3, -0.25) is 14.6 Å². The molecule has 2 heterocycles. The number of sulfonamides is 1. The average molecular weight is 508 g/mol. The molecule has 0 radical (unpaired) electrons. The van der Waals surface area contributed by atoms with Gasteiger partial charge in [-0.1, -0.05) is 25.4 Å². The van der Waals surface area contributed by atoms with Crippen molar-refractivity contribution in [2.45, 2.75) is 44.0 Å². The molecule has 1 aromatic carbocycles. The number of carbonyl (C=O) groups is 2. The number of rotatable bonds is 9. The second-order valence-corrected chi connectivity index (χ2v) is 11.3. The number of carbonyl (C=O) groups excluding carboxylic acids is 1. The molecule has 1 aromatic heterocycles. The quantitative estimate of drug-likeness (QED) is 0.553. The van der Waals surface area contributed by atoms with Crippen LogP contribution in [0.25, 0.3) is 0 Å². The number of hydrogen-bond donors (Lipinski definition) is 1. The molecular weight excluding hydrogens is 478 g/mol. The Hall–Kier alpha value is -2.49. The van der Waals surface area contributed by atoms with Crippen molar-refractivity contribution in [2.24, 2.45) is 11.8 Å². The second kappa shape index (κ2) is 11.3. The summed E-state index contributed by atoms with van der Waals surface area (Å²) in [6, 6.07) is 7.90. The number of carboxylic acid groups (broad SMARTS) is 1. The van der Waals surface area contributed by atoms with Crippen LogP contribution < -0.4 is 0 Å². The number of carboxylic acids is 1. The summed E-state index contributed by atoms with van der Waals surface area (Å²) in [5.74, 6) is -1.34. The third kappa shape index (κ3) is 6.34. The van der Waals surface area contributed by atoms with E-state index in [1.54, 1.807) is 29.4 Å². The van der Waals surface area contributed by atoms with Crippen molar-refractivity contribution < 1.29 is 23.1 Å². The molecule has 0 bridgehead atoms. The molecule has 8 nitrogen and oxygen atoms in total. The molecule has 3 rings (SSSR count). The minimum Gasteiger partial charge on any atom is -0.480 e. The van der Waals surface area contributed by atoms with Crippen molar-refractivity contribution in [1.82, 2.24) is 14.2 Å². The van der Waals surface area contributed by atoms with E-state index < -0.39 is 22.0 Å². The average Bonchev–Trinajstić information content (AvgIpc) is 2.81. The number of likely N-dealkylation sites (tertiary alicyclic amines) is 1. The molecule has 1 amide bonds. The van der Waals surface area contributed by atoms with Crippen molar-refractivity contribution >= 4 is 33.5 Å². The van der Waals surface area contributed by atoms with Gasteiger partial charge in [0.25, 0.3) is 5.91 Å². The first-order valence-electron chi connectivity index (χ1n) is 11.3. The number of pyridine rings is 1. The molecule has 1 atom stereocenters. The Morgan fingerprint density at radius 1 is 1.12 bits per heavy atom. The SMILES string of the molecule is CC(C)C[C@H](C(=O)O)N(CC1CCN(C(=O)c2ccncc2)CC1)S(=O)(=O)c1ccc(Cl)cc1. The Kier molecular flexibility index (Phi) is 8.67. The first-order valence-corrected chi connectivity index (χ1v) is 13.1. The molecule has 184 valence electrons. The highest BCUT2D eigenvalue weighted by atomic mass is 35.5. The summed E-state index contributed by atoms with van der Waals surface area (Å²) in [4.78, 5) is 30.6. The first kappa shape index (κ1) is 26.1. The van der Waals surface area contributed by atoms with Gasteiger partial charge < -0.3 is 10.0 Å². The van der Waals surface area contributed by atoms with Crippen LogP contribution >= 0.6 is 11.6 Å². The van der Waals surface area contributed by atoms with Crippen molar-refractivity contribution in [3.8, 4) is 0 Å². The zero-order valence-corrected chi connectivity index (χ0v) is 20.9. The number of benzene rings is 1. The van der Waals surface area contributed by atoms with Gasteiger partial charge in [0.05, 0.1) is 4.90 Å². The van der Waals surface area contributed by atoms with Gasteiger partial charge in [0.2, 0.25) is 10.0 Å². The molecule has 0 saturated carbocycles. The van der Waals surface area contributed by atoms with Gasteiger partial charge in [-0.2, -0.15) is 4.31 Å². The van der Waals surface area contributed by atoms with Crippen LogP contribution in [-0.4, -0.2) is 65.3 Å². The summed E-state index contributed by atoms with van der Waals surface area (Å²) in [6.07, 6.45) is 4.50. The van der Waals surface area contributed by atoms with Gasteiger partial charge in [0, 0.05) is 42.6 Å². The predicted octanol–water partition coefficient (Wildman–Crippen LogP) is 3.78. The standard InChI is InChI=1S/C24H30ClN3O5S/c1-17(2)15-22(24(30)31)28(34(32,33)21-5-3-20(25)4-6-21)16-18-9-13-27(14-10-18)23(29)19-7-11-26-12-8-19/h3-8,11-12,17-18,22H,9-10,13-16H2,1-2H3,(H,30,31)/t22-/m1/s1. The fraction of sp³-hybridized carbons (Fsp3) is 0.458. The van der Waals surface area contributed by atoms with Crippen molar-refractivity contribution in [3.63, 3.8) is 0 Å². The van der Waals surface area contributed by atoms with E-state index >= 15 is 0 Å². The van der Waals surface area contributed by atoms with Gasteiger partial charge in [0.15, 0.2) is 0 Å². The fourth-order valence-electron chi connectivity index (χ4n) is 4.17. The van der Waals surface area contributed by atoms with E-state index in [9.17, 15) is 23.1 Å². The summed E-state index contributed by atoms with van der Waals surface area (Å²) >= 11 is 5.92. The Labute approximate surface area is 205 Å². The number of halogens is 1. The molecule has 1 N–H and O–H groups in total. The Morgan fingerprint density at radius 2 is 1.71 bits per heavy atom. The fourth-order valence-corrected chi connectivity index (χ4v) is 5.97. The lowest BCUT2D eigenvalue weighted by Gasteiger charge is -2.36. The van der Waals surface area contributed by atoms with E-state index in [0.29, 0.717) is 36.5 Å². The third-order valence-corrected chi connectivity index (χ3v) is 8.16. The largest absolute Gasteiger partial charge is 0.480 e. The maximum absolute atomic E-state index is 13.6. The van der Waals surface area contributed by atoms with E-state index in [1.807, 2.05) is 13.8 Å². The lowest BCUT2D eigenvalue weighted by Crippen LogP contribution is -2.49. The van der Waals surface area contributed by atoms with Crippen LogP contribution in [0.5, 0.6) is 0 Å². The number of aliphatic carboxylic acids is 1. The van der Waals surface area contributed by atoms with Crippen LogP contribution in [0.4, 0.5) is 0 Å². The van der Waals surface area contributed by atoms with Crippen LogP contribution in [0.2, 0.25) is 5.02 Å². The lowest BCUT2D eigenvalue weighted by atomic mass is 9.95. The minimum absolute atomic E-state index is 0.0103. The number of amides is 1. The molecule has 0 spiro atoms. The summed E-state index contributed by atoms with van der Waals surface area (Å²) in [6.45, 7) is 4.76. The van der Waals surface area contributed by atoms with E-state index in [1.165, 1.54) is 24.3 Å². The summed E-state index contributed by atoms with van der Waals surface area (Å²) < 4.78 is 28.2. The van der Waals surface area contributed by atoms with E-state index in [-0.39, 0.29) is 35.6 Å². The molecule has 1 aliphatic heterocycles. The minimum atomic E-state index is -4.07. The van der Waals surface area contributed by atoms with Crippen LogP contribution in [0.3, 0.4) is 0 Å². The predicted molar refractivity (Wildman–Crippen MR) is 129 cm³/mol. The molecule has 10 heteroatoms. The van der Waals surface area contributed by atoms with Crippen molar-refractivity contribution in [2.75, 3.05) is 19.6 Å². The van der Waals surface area contributed by atoms with Gasteiger partial charge in [-0.15, -0.1) is 0 Å². The Morgan fingerprint density at radius 3 is 2.24 bits per heavy atom. The molecule has 0 aliphatic carbocycles. The topological polar surface area (TPSA) is 108 Å². The van der Waals surface area contributed by atoms with Gasteiger partial charge >= 0.3 is 5.97 Å². The second-order valence-electron chi connectivity index (χ2n) is 8.98. The number of hydrogen-bond acceptors (Lipinski definition) is 5. The highest BCUT2D eigenvalue weighted by molar-refractivity contribution is 7.89. The lowest BCUT2D eigenvalue weighted by molar-refractivity contribution is -0.142. The molecule has 34 heavy (non-hydrogen) atoms. The zero-order valence-electron chi connectivity index (χ0n) is 19.3. The number of nitrogens with zero attached hydrogens (tertiary/aromatic N) is 3. The first-order chi connectivity index (χ1) is 16.1. The summed E-state index contributed by atoms with van der Waals surface area (Å²) in [5, 5.41) is 10.3. The van der Waals surface area contributed by atoms with E-state index in [0.717, 1.165) is 4.31 Å². The highest BCUT2D eigenvalue weighted by Gasteiger charge is 2.38. The monoisotopic (exact) mass is 507 g/mol. The van der Waals surface area contributed by atoms with Crippen molar-refractivity contribution in [3.05, 3.63) is 59.4 Å². The molecule has 1 fully saturated rings. The van der Waals surface area contributed by atoms with Crippen molar-refractivity contribution in [1.29, 1.82) is 0 Å². The van der Waals surface area contributed by atoms with E-state index in [2.05, 4.69) is 4.98 Å². The Bertz CT molecular complexity index is 1090. The van der Waals surface area contributed by atoms with Gasteiger partial charge in [0.1, 0.15) is 6.04 Å². The zero-order chi connectivity index (χ0) is 24.9. The number of piperidine rings is 1. The third-order valence-electron chi connectivity index (χ3n) is 6.01. The Balaban J connectivity index is 1.80. The maximum Gasteiger partial charge on any atom is 0.322 e. The normalized spacial score (nSPS) is 16.1.